The average Bonchev–Trinajstić information content (AvgIpc) is 2.72. The molecule has 7 nitrogen and oxygen atoms in total. The Kier molecular flexibility index (Phi) is 7.28. The SMILES string of the molecule is COc1cccc2c(NCCN(C)C)nc(NCC3CCC(CN)CC3)nc12. The number of rotatable bonds is 9. The van der Waals surface area contributed by atoms with Gasteiger partial charge in [0, 0.05) is 25.0 Å². The molecule has 2 aromatic rings. The van der Waals surface area contributed by atoms with Gasteiger partial charge >= 0.3 is 0 Å². The molecule has 1 heterocycles. The molecule has 28 heavy (non-hydrogen) atoms. The second kappa shape index (κ2) is 9.89. The molecule has 0 spiro atoms. The van der Waals surface area contributed by atoms with Crippen LogP contribution in [-0.4, -0.2) is 62.3 Å². The zero-order valence-corrected chi connectivity index (χ0v) is 17.4. The molecule has 0 atom stereocenters. The molecule has 1 aromatic carbocycles. The monoisotopic (exact) mass is 386 g/mol. The van der Waals surface area contributed by atoms with Gasteiger partial charge in [-0.25, -0.2) is 4.98 Å². The molecule has 4 N–H and O–H groups in total. The third-order valence-corrected chi connectivity index (χ3v) is 5.61. The number of nitrogens with two attached hydrogens (primary N) is 1. The number of benzene rings is 1. The first kappa shape index (κ1) is 20.6. The summed E-state index contributed by atoms with van der Waals surface area (Å²) in [6, 6.07) is 5.95. The van der Waals surface area contributed by atoms with Crippen molar-refractivity contribution in [3.8, 4) is 5.75 Å². The lowest BCUT2D eigenvalue weighted by molar-refractivity contribution is 0.289. The van der Waals surface area contributed by atoms with Crippen molar-refractivity contribution in [3.05, 3.63) is 18.2 Å². The third-order valence-electron chi connectivity index (χ3n) is 5.61. The van der Waals surface area contributed by atoms with E-state index in [0.29, 0.717) is 17.8 Å². The highest BCUT2D eigenvalue weighted by Gasteiger charge is 2.20. The van der Waals surface area contributed by atoms with E-state index in [4.69, 9.17) is 20.4 Å². The number of ether oxygens (including phenoxy) is 1. The maximum Gasteiger partial charge on any atom is 0.225 e. The standard InChI is InChI=1S/C21H34N6O/c1-27(2)12-11-23-20-17-5-4-6-18(28-3)19(17)25-21(26-20)24-14-16-9-7-15(13-22)8-10-16/h4-6,15-16H,7-14,22H2,1-3H3,(H2,23,24,25,26). The number of methoxy groups -OCH3 is 1. The van der Waals surface area contributed by atoms with E-state index in [0.717, 1.165) is 48.6 Å². The Morgan fingerprint density at radius 2 is 1.86 bits per heavy atom. The Balaban J connectivity index is 1.75. The van der Waals surface area contributed by atoms with E-state index in [-0.39, 0.29) is 0 Å². The summed E-state index contributed by atoms with van der Waals surface area (Å²) in [5, 5.41) is 7.91. The highest BCUT2D eigenvalue weighted by Crippen LogP contribution is 2.31. The van der Waals surface area contributed by atoms with Crippen molar-refractivity contribution in [3.63, 3.8) is 0 Å². The van der Waals surface area contributed by atoms with Gasteiger partial charge in [0.1, 0.15) is 17.1 Å². The fourth-order valence-corrected chi connectivity index (χ4v) is 3.81. The summed E-state index contributed by atoms with van der Waals surface area (Å²) in [6.45, 7) is 3.46. The van der Waals surface area contributed by atoms with Gasteiger partial charge in [0.15, 0.2) is 0 Å². The number of nitrogens with one attached hydrogen (secondary N) is 2. The lowest BCUT2D eigenvalue weighted by Crippen LogP contribution is -2.25. The van der Waals surface area contributed by atoms with Crippen molar-refractivity contribution < 1.29 is 4.74 Å². The molecular weight excluding hydrogens is 352 g/mol. The van der Waals surface area contributed by atoms with Gasteiger partial charge in [0.05, 0.1) is 7.11 Å². The molecule has 1 saturated carbocycles. The van der Waals surface area contributed by atoms with Crippen LogP contribution in [-0.2, 0) is 0 Å². The van der Waals surface area contributed by atoms with E-state index in [1.54, 1.807) is 7.11 Å². The number of likely N-dealkylation sites (N-methyl/N-ethyl adjacent to an activating group) is 1. The Bertz CT molecular complexity index is 758. The minimum absolute atomic E-state index is 0.657. The molecule has 3 rings (SSSR count). The second-order valence-corrected chi connectivity index (χ2v) is 7.99. The lowest BCUT2D eigenvalue weighted by Gasteiger charge is -2.27. The highest BCUT2D eigenvalue weighted by molar-refractivity contribution is 5.94. The largest absolute Gasteiger partial charge is 0.494 e. The normalized spacial score (nSPS) is 19.8. The van der Waals surface area contributed by atoms with E-state index < -0.39 is 0 Å². The van der Waals surface area contributed by atoms with Gasteiger partial charge in [-0.05, 0) is 70.3 Å². The zero-order chi connectivity index (χ0) is 19.9. The molecular formula is C21H34N6O. The van der Waals surface area contributed by atoms with Gasteiger partial charge in [-0.3, -0.25) is 0 Å². The summed E-state index contributed by atoms with van der Waals surface area (Å²) in [7, 11) is 5.81. The van der Waals surface area contributed by atoms with Gasteiger partial charge in [0.25, 0.3) is 0 Å². The number of hydrogen-bond acceptors (Lipinski definition) is 7. The predicted molar refractivity (Wildman–Crippen MR) is 116 cm³/mol. The zero-order valence-electron chi connectivity index (χ0n) is 17.4. The molecule has 0 amide bonds. The van der Waals surface area contributed by atoms with Crippen molar-refractivity contribution in [2.45, 2.75) is 25.7 Å². The van der Waals surface area contributed by atoms with Crippen LogP contribution in [0, 0.1) is 11.8 Å². The smallest absolute Gasteiger partial charge is 0.225 e. The maximum atomic E-state index is 5.81. The first-order valence-electron chi connectivity index (χ1n) is 10.3. The summed E-state index contributed by atoms with van der Waals surface area (Å²) in [6.07, 6.45) is 4.90. The van der Waals surface area contributed by atoms with Crippen LogP contribution in [0.3, 0.4) is 0 Å². The average molecular weight is 387 g/mol. The number of para-hydroxylation sites is 1. The van der Waals surface area contributed by atoms with E-state index in [9.17, 15) is 0 Å². The van der Waals surface area contributed by atoms with E-state index in [1.165, 1.54) is 25.7 Å². The summed E-state index contributed by atoms with van der Waals surface area (Å²) < 4.78 is 5.53. The maximum absolute atomic E-state index is 5.81. The minimum atomic E-state index is 0.657. The van der Waals surface area contributed by atoms with E-state index in [1.807, 2.05) is 18.2 Å². The number of nitrogens with zero attached hydrogens (tertiary/aromatic N) is 3. The Morgan fingerprint density at radius 3 is 2.54 bits per heavy atom. The number of aromatic nitrogens is 2. The summed E-state index contributed by atoms with van der Waals surface area (Å²) in [5.74, 6) is 3.63. The van der Waals surface area contributed by atoms with Crippen molar-refractivity contribution in [1.29, 1.82) is 0 Å². The van der Waals surface area contributed by atoms with Gasteiger partial charge in [-0.1, -0.05) is 6.07 Å². The number of anilines is 2. The molecule has 7 heteroatoms. The van der Waals surface area contributed by atoms with E-state index >= 15 is 0 Å². The van der Waals surface area contributed by atoms with Gasteiger partial charge in [-0.2, -0.15) is 4.98 Å². The van der Waals surface area contributed by atoms with Crippen molar-refractivity contribution >= 4 is 22.7 Å². The molecule has 0 aliphatic heterocycles. The molecule has 1 fully saturated rings. The molecule has 1 aliphatic rings. The second-order valence-electron chi connectivity index (χ2n) is 7.99. The highest BCUT2D eigenvalue weighted by atomic mass is 16.5. The van der Waals surface area contributed by atoms with Crippen LogP contribution in [0.5, 0.6) is 5.75 Å². The van der Waals surface area contributed by atoms with Crippen LogP contribution in [0.1, 0.15) is 25.7 Å². The molecule has 154 valence electrons. The quantitative estimate of drug-likeness (QED) is 0.611. The van der Waals surface area contributed by atoms with Gasteiger partial charge in [-0.15, -0.1) is 0 Å². The third kappa shape index (κ3) is 5.23. The van der Waals surface area contributed by atoms with Crippen molar-refractivity contribution in [2.24, 2.45) is 17.6 Å². The van der Waals surface area contributed by atoms with Crippen LogP contribution in [0.4, 0.5) is 11.8 Å². The first-order chi connectivity index (χ1) is 13.6. The minimum Gasteiger partial charge on any atom is -0.494 e. The van der Waals surface area contributed by atoms with E-state index in [2.05, 4.69) is 29.6 Å². The molecule has 0 saturated heterocycles. The summed E-state index contributed by atoms with van der Waals surface area (Å²) in [5.41, 5.74) is 6.65. The predicted octanol–water partition coefficient (Wildman–Crippen LogP) is 2.79. The van der Waals surface area contributed by atoms with Crippen LogP contribution < -0.4 is 21.1 Å². The summed E-state index contributed by atoms with van der Waals surface area (Å²) >= 11 is 0. The molecule has 0 bridgehead atoms. The molecule has 0 unspecified atom stereocenters. The number of fused-ring (bicyclic) bond motifs is 1. The Hall–Kier alpha value is -2.12. The van der Waals surface area contributed by atoms with Gasteiger partial charge < -0.3 is 26.0 Å². The summed E-state index contributed by atoms with van der Waals surface area (Å²) in [4.78, 5) is 11.7. The fourth-order valence-electron chi connectivity index (χ4n) is 3.81. The lowest BCUT2D eigenvalue weighted by atomic mass is 9.82. The molecule has 1 aliphatic carbocycles. The number of hydrogen-bond donors (Lipinski definition) is 3. The van der Waals surface area contributed by atoms with Gasteiger partial charge in [0.2, 0.25) is 5.95 Å². The topological polar surface area (TPSA) is 88.3 Å². The first-order valence-corrected chi connectivity index (χ1v) is 10.3. The van der Waals surface area contributed by atoms with Crippen LogP contribution in [0.2, 0.25) is 0 Å². The molecule has 1 aromatic heterocycles. The Morgan fingerprint density at radius 1 is 1.11 bits per heavy atom. The van der Waals surface area contributed by atoms with Crippen LogP contribution >= 0.6 is 0 Å². The van der Waals surface area contributed by atoms with Crippen LogP contribution in [0.15, 0.2) is 18.2 Å². The Labute approximate surface area is 168 Å². The van der Waals surface area contributed by atoms with Crippen molar-refractivity contribution in [2.75, 3.05) is 58.0 Å². The fraction of sp³-hybridized carbons (Fsp3) is 0.619. The molecule has 0 radical (unpaired) electrons. The van der Waals surface area contributed by atoms with Crippen molar-refractivity contribution in [1.82, 2.24) is 14.9 Å². The van der Waals surface area contributed by atoms with Crippen LogP contribution in [0.25, 0.3) is 10.9 Å².